The molecule has 1 aliphatic heterocycles. The fourth-order valence-corrected chi connectivity index (χ4v) is 2.00. The van der Waals surface area contributed by atoms with E-state index in [-0.39, 0.29) is 24.5 Å². The predicted octanol–water partition coefficient (Wildman–Crippen LogP) is 1.00. The van der Waals surface area contributed by atoms with Crippen LogP contribution in [0.4, 0.5) is 5.69 Å². The van der Waals surface area contributed by atoms with Crippen molar-refractivity contribution >= 4 is 35.2 Å². The molecular weight excluding hydrogens is 342 g/mol. The van der Waals surface area contributed by atoms with Gasteiger partial charge in [0.05, 0.1) is 12.2 Å². The van der Waals surface area contributed by atoms with Crippen molar-refractivity contribution in [1.82, 2.24) is 5.43 Å². The molecule has 0 saturated heterocycles. The Morgan fingerprint density at radius 3 is 2.46 bits per heavy atom. The second-order valence-electron chi connectivity index (χ2n) is 5.43. The molecular formula is C17H19N3O6. The first kappa shape index (κ1) is 19.1. The summed E-state index contributed by atoms with van der Waals surface area (Å²) < 4.78 is 9.86. The van der Waals surface area contributed by atoms with Crippen LogP contribution in [0.1, 0.15) is 36.5 Å². The number of carbonyl (C=O) groups excluding carboxylic acids is 4. The molecule has 0 fully saturated rings. The van der Waals surface area contributed by atoms with Gasteiger partial charge in [0.25, 0.3) is 5.91 Å². The third-order valence-corrected chi connectivity index (χ3v) is 3.32. The van der Waals surface area contributed by atoms with Gasteiger partial charge >= 0.3 is 11.9 Å². The Kier molecular flexibility index (Phi) is 6.84. The van der Waals surface area contributed by atoms with Crippen LogP contribution in [-0.4, -0.2) is 42.7 Å². The van der Waals surface area contributed by atoms with Crippen LogP contribution in [0.5, 0.6) is 0 Å². The molecule has 0 aromatic heterocycles. The minimum atomic E-state index is -0.755. The molecule has 0 aliphatic carbocycles. The maximum atomic E-state index is 11.8. The zero-order valence-electron chi connectivity index (χ0n) is 14.2. The van der Waals surface area contributed by atoms with E-state index in [2.05, 4.69) is 15.8 Å². The number of hydrogen-bond acceptors (Lipinski definition) is 7. The minimum Gasteiger partial charge on any atom is -0.462 e. The standard InChI is InChI=1S/C17H19N3O6/c1-2-9-25-16(23)11-3-5-12(6-4-11)18-15(22)10-26-17(24)13-7-8-14(21)20-19-13/h3-6H,2,7-10H2,1H3,(H,18,22)(H,20,21). The normalized spacial score (nSPS) is 13.3. The topological polar surface area (TPSA) is 123 Å². The van der Waals surface area contributed by atoms with Crippen molar-refractivity contribution in [1.29, 1.82) is 0 Å². The molecule has 2 rings (SSSR count). The number of nitrogens with zero attached hydrogens (tertiary/aromatic N) is 1. The molecule has 1 aromatic carbocycles. The Bertz CT molecular complexity index is 727. The van der Waals surface area contributed by atoms with Crippen molar-refractivity contribution in [3.8, 4) is 0 Å². The predicted molar refractivity (Wildman–Crippen MR) is 91.4 cm³/mol. The van der Waals surface area contributed by atoms with Crippen molar-refractivity contribution in [3.63, 3.8) is 0 Å². The lowest BCUT2D eigenvalue weighted by Gasteiger charge is -2.11. The van der Waals surface area contributed by atoms with Gasteiger partial charge in [0.15, 0.2) is 6.61 Å². The summed E-state index contributed by atoms with van der Waals surface area (Å²) in [6.07, 6.45) is 1.05. The monoisotopic (exact) mass is 361 g/mol. The maximum absolute atomic E-state index is 11.8. The lowest BCUT2D eigenvalue weighted by molar-refractivity contribution is -0.140. The Morgan fingerprint density at radius 1 is 1.12 bits per heavy atom. The Labute approximate surface area is 149 Å². The third kappa shape index (κ3) is 5.69. The van der Waals surface area contributed by atoms with Gasteiger partial charge in [-0.3, -0.25) is 9.59 Å². The second kappa shape index (κ2) is 9.30. The first-order valence-electron chi connectivity index (χ1n) is 8.09. The quantitative estimate of drug-likeness (QED) is 0.699. The number of carbonyl (C=O) groups is 4. The van der Waals surface area contributed by atoms with Crippen LogP contribution in [0.3, 0.4) is 0 Å². The first-order chi connectivity index (χ1) is 12.5. The number of rotatable bonds is 7. The van der Waals surface area contributed by atoms with Gasteiger partial charge in [-0.25, -0.2) is 15.0 Å². The summed E-state index contributed by atoms with van der Waals surface area (Å²) in [7, 11) is 0. The molecule has 0 bridgehead atoms. The van der Waals surface area contributed by atoms with Gasteiger partial charge in [-0.05, 0) is 30.7 Å². The van der Waals surface area contributed by atoms with E-state index in [0.29, 0.717) is 17.9 Å². The molecule has 2 amide bonds. The van der Waals surface area contributed by atoms with E-state index >= 15 is 0 Å². The highest BCUT2D eigenvalue weighted by Crippen LogP contribution is 2.11. The number of benzene rings is 1. The van der Waals surface area contributed by atoms with E-state index in [4.69, 9.17) is 9.47 Å². The van der Waals surface area contributed by atoms with Crippen molar-refractivity contribution in [2.75, 3.05) is 18.5 Å². The van der Waals surface area contributed by atoms with Gasteiger partial charge in [-0.15, -0.1) is 0 Å². The number of anilines is 1. The van der Waals surface area contributed by atoms with E-state index < -0.39 is 24.5 Å². The highest BCUT2D eigenvalue weighted by molar-refractivity contribution is 6.37. The fraction of sp³-hybridized carbons (Fsp3) is 0.353. The van der Waals surface area contributed by atoms with Crippen molar-refractivity contribution in [2.24, 2.45) is 5.10 Å². The highest BCUT2D eigenvalue weighted by Gasteiger charge is 2.20. The number of hydrazone groups is 1. The van der Waals surface area contributed by atoms with Crippen LogP contribution in [0.25, 0.3) is 0 Å². The Morgan fingerprint density at radius 2 is 1.85 bits per heavy atom. The molecule has 1 heterocycles. The molecule has 0 radical (unpaired) electrons. The summed E-state index contributed by atoms with van der Waals surface area (Å²) in [4.78, 5) is 46.2. The van der Waals surface area contributed by atoms with E-state index in [9.17, 15) is 19.2 Å². The first-order valence-corrected chi connectivity index (χ1v) is 8.09. The number of hydrogen-bond donors (Lipinski definition) is 2. The molecule has 2 N–H and O–H groups in total. The average Bonchev–Trinajstić information content (AvgIpc) is 2.65. The van der Waals surface area contributed by atoms with E-state index in [1.54, 1.807) is 12.1 Å². The summed E-state index contributed by atoms with van der Waals surface area (Å²) in [5, 5.41) is 6.13. The molecule has 0 spiro atoms. The number of amides is 2. The van der Waals surface area contributed by atoms with E-state index in [1.165, 1.54) is 12.1 Å². The number of ether oxygens (including phenoxy) is 2. The van der Waals surface area contributed by atoms with Gasteiger partial charge in [0.2, 0.25) is 5.91 Å². The molecule has 138 valence electrons. The summed E-state index contributed by atoms with van der Waals surface area (Å²) in [5.74, 6) is -2.01. The molecule has 0 atom stereocenters. The van der Waals surface area contributed by atoms with Crippen molar-refractivity contribution < 1.29 is 28.7 Å². The third-order valence-electron chi connectivity index (χ3n) is 3.32. The summed E-state index contributed by atoms with van der Waals surface area (Å²) in [6, 6.07) is 6.14. The SMILES string of the molecule is CCCOC(=O)c1ccc(NC(=O)COC(=O)C2=NNC(=O)CC2)cc1. The molecule has 1 aliphatic rings. The van der Waals surface area contributed by atoms with Gasteiger partial charge in [-0.2, -0.15) is 5.10 Å². The van der Waals surface area contributed by atoms with Gasteiger partial charge in [-0.1, -0.05) is 6.92 Å². The smallest absolute Gasteiger partial charge is 0.355 e. The molecule has 26 heavy (non-hydrogen) atoms. The van der Waals surface area contributed by atoms with Crippen LogP contribution in [-0.2, 0) is 23.9 Å². The number of esters is 2. The van der Waals surface area contributed by atoms with Crippen LogP contribution >= 0.6 is 0 Å². The average molecular weight is 361 g/mol. The van der Waals surface area contributed by atoms with Crippen LogP contribution in [0.15, 0.2) is 29.4 Å². The number of nitrogens with one attached hydrogen (secondary N) is 2. The molecule has 9 heteroatoms. The largest absolute Gasteiger partial charge is 0.462 e. The molecule has 1 aromatic rings. The highest BCUT2D eigenvalue weighted by atomic mass is 16.5. The van der Waals surface area contributed by atoms with E-state index in [1.807, 2.05) is 6.92 Å². The molecule has 0 unspecified atom stereocenters. The van der Waals surface area contributed by atoms with Crippen LogP contribution < -0.4 is 10.7 Å². The lowest BCUT2D eigenvalue weighted by atomic mass is 10.2. The fourth-order valence-electron chi connectivity index (χ4n) is 2.00. The zero-order valence-corrected chi connectivity index (χ0v) is 14.2. The summed E-state index contributed by atoms with van der Waals surface area (Å²) >= 11 is 0. The van der Waals surface area contributed by atoms with Crippen LogP contribution in [0.2, 0.25) is 0 Å². The second-order valence-corrected chi connectivity index (χ2v) is 5.43. The van der Waals surface area contributed by atoms with Crippen molar-refractivity contribution in [3.05, 3.63) is 29.8 Å². The molecule has 9 nitrogen and oxygen atoms in total. The summed E-state index contributed by atoms with van der Waals surface area (Å²) in [6.45, 7) is 1.75. The Balaban J connectivity index is 1.79. The van der Waals surface area contributed by atoms with E-state index in [0.717, 1.165) is 6.42 Å². The van der Waals surface area contributed by atoms with Gasteiger partial charge < -0.3 is 14.8 Å². The summed E-state index contributed by atoms with van der Waals surface area (Å²) in [5.41, 5.74) is 3.06. The van der Waals surface area contributed by atoms with Crippen LogP contribution in [0, 0.1) is 0 Å². The van der Waals surface area contributed by atoms with Gasteiger partial charge in [0, 0.05) is 18.5 Å². The zero-order chi connectivity index (χ0) is 18.9. The van der Waals surface area contributed by atoms with Crippen molar-refractivity contribution in [2.45, 2.75) is 26.2 Å². The minimum absolute atomic E-state index is 0.0624. The van der Waals surface area contributed by atoms with Gasteiger partial charge in [0.1, 0.15) is 5.71 Å². The Hall–Kier alpha value is -3.23. The maximum Gasteiger partial charge on any atom is 0.355 e. The lowest BCUT2D eigenvalue weighted by Crippen LogP contribution is -2.32. The molecule has 0 saturated carbocycles.